The van der Waals surface area contributed by atoms with Gasteiger partial charge in [-0.2, -0.15) is 0 Å². The van der Waals surface area contributed by atoms with E-state index in [4.69, 9.17) is 9.47 Å². The van der Waals surface area contributed by atoms with Crippen molar-refractivity contribution in [3.05, 3.63) is 29.9 Å². The molecule has 0 atom stereocenters. The van der Waals surface area contributed by atoms with Crippen molar-refractivity contribution in [1.29, 1.82) is 0 Å². The molecule has 1 aliphatic carbocycles. The van der Waals surface area contributed by atoms with Crippen LogP contribution in [0.1, 0.15) is 19.8 Å². The van der Waals surface area contributed by atoms with Crippen molar-refractivity contribution < 1.29 is 14.3 Å². The lowest BCUT2D eigenvalue weighted by atomic mass is 10.0. The smallest absolute Gasteiger partial charge is 0.302 e. The van der Waals surface area contributed by atoms with Gasteiger partial charge in [0.25, 0.3) is 0 Å². The standard InChI is InChI=1S/C11H15O3/c1-9(12)14-8-7-10-3-5-11(13-2)6-4-10/h3,5-6H,4,7-8H2,1-2H3/q+1. The molecule has 76 valence electrons. The van der Waals surface area contributed by atoms with Crippen LogP contribution in [0, 0.1) is 6.42 Å². The summed E-state index contributed by atoms with van der Waals surface area (Å²) in [6.07, 6.45) is 7.63. The van der Waals surface area contributed by atoms with Gasteiger partial charge in [-0.1, -0.05) is 0 Å². The van der Waals surface area contributed by atoms with Crippen LogP contribution in [0.4, 0.5) is 0 Å². The van der Waals surface area contributed by atoms with Crippen LogP contribution in [0.2, 0.25) is 0 Å². The summed E-state index contributed by atoms with van der Waals surface area (Å²) in [4.78, 5) is 10.5. The molecule has 0 aliphatic heterocycles. The van der Waals surface area contributed by atoms with Gasteiger partial charge in [0, 0.05) is 18.9 Å². The largest absolute Gasteiger partial charge is 0.475 e. The van der Waals surface area contributed by atoms with E-state index < -0.39 is 0 Å². The molecule has 0 spiro atoms. The highest BCUT2D eigenvalue weighted by Crippen LogP contribution is 2.19. The van der Waals surface area contributed by atoms with Gasteiger partial charge in [0.05, 0.1) is 32.1 Å². The lowest BCUT2D eigenvalue weighted by molar-refractivity contribution is -0.140. The average molecular weight is 195 g/mol. The first-order chi connectivity index (χ1) is 6.72. The quantitative estimate of drug-likeness (QED) is 0.508. The number of rotatable bonds is 4. The minimum atomic E-state index is -0.224. The molecule has 0 radical (unpaired) electrons. The molecule has 0 heterocycles. The molecule has 0 N–H and O–H groups in total. The maximum absolute atomic E-state index is 10.5. The third-order valence-corrected chi connectivity index (χ3v) is 2.01. The fourth-order valence-corrected chi connectivity index (χ4v) is 1.23. The van der Waals surface area contributed by atoms with Crippen LogP contribution in [-0.2, 0) is 14.3 Å². The van der Waals surface area contributed by atoms with Crippen molar-refractivity contribution in [3.63, 3.8) is 0 Å². The SMILES string of the molecule is COC1=CCC(CCOC(C)=O)=C[CH+]1. The molecule has 0 aromatic rings. The van der Waals surface area contributed by atoms with Crippen molar-refractivity contribution in [2.75, 3.05) is 13.7 Å². The number of ether oxygens (including phenoxy) is 2. The Morgan fingerprint density at radius 1 is 1.64 bits per heavy atom. The zero-order chi connectivity index (χ0) is 10.4. The Morgan fingerprint density at radius 3 is 2.93 bits per heavy atom. The predicted molar refractivity (Wildman–Crippen MR) is 53.3 cm³/mol. The lowest BCUT2D eigenvalue weighted by Gasteiger charge is -2.05. The summed E-state index contributed by atoms with van der Waals surface area (Å²) in [5, 5.41) is 0. The van der Waals surface area contributed by atoms with Crippen molar-refractivity contribution >= 4 is 5.97 Å². The van der Waals surface area contributed by atoms with Gasteiger partial charge in [-0.3, -0.25) is 4.79 Å². The summed E-state index contributed by atoms with van der Waals surface area (Å²) in [6.45, 7) is 1.88. The second kappa shape index (κ2) is 5.37. The van der Waals surface area contributed by atoms with Crippen LogP contribution in [0.5, 0.6) is 0 Å². The number of hydrogen-bond acceptors (Lipinski definition) is 3. The van der Waals surface area contributed by atoms with Gasteiger partial charge in [-0.25, -0.2) is 0 Å². The third-order valence-electron chi connectivity index (χ3n) is 2.01. The van der Waals surface area contributed by atoms with Crippen molar-refractivity contribution in [1.82, 2.24) is 0 Å². The van der Waals surface area contributed by atoms with Crippen molar-refractivity contribution in [2.24, 2.45) is 0 Å². The molecule has 0 aromatic heterocycles. The zero-order valence-corrected chi connectivity index (χ0v) is 8.58. The maximum Gasteiger partial charge on any atom is 0.302 e. The molecule has 14 heavy (non-hydrogen) atoms. The number of carbonyl (C=O) groups is 1. The van der Waals surface area contributed by atoms with Gasteiger partial charge < -0.3 is 9.47 Å². The van der Waals surface area contributed by atoms with Crippen LogP contribution in [0.3, 0.4) is 0 Å². The number of hydrogen-bond donors (Lipinski definition) is 0. The summed E-state index contributed by atoms with van der Waals surface area (Å²) < 4.78 is 9.91. The Bertz CT molecular complexity index is 264. The maximum atomic E-state index is 10.5. The Morgan fingerprint density at radius 2 is 2.43 bits per heavy atom. The molecular formula is C11H15O3+. The van der Waals surface area contributed by atoms with Crippen LogP contribution < -0.4 is 0 Å². The zero-order valence-electron chi connectivity index (χ0n) is 8.58. The van der Waals surface area contributed by atoms with E-state index in [9.17, 15) is 4.79 Å². The van der Waals surface area contributed by atoms with E-state index in [-0.39, 0.29) is 5.97 Å². The minimum absolute atomic E-state index is 0.224. The number of carbonyl (C=O) groups excluding carboxylic acids is 1. The summed E-state index contributed by atoms with van der Waals surface area (Å²) in [5.74, 6) is 0.666. The molecule has 1 aliphatic rings. The van der Waals surface area contributed by atoms with E-state index in [1.165, 1.54) is 12.5 Å². The Balaban J connectivity index is 2.22. The van der Waals surface area contributed by atoms with Gasteiger partial charge in [0.1, 0.15) is 6.61 Å². The van der Waals surface area contributed by atoms with E-state index in [2.05, 4.69) is 0 Å². The Hall–Kier alpha value is -1.38. The van der Waals surface area contributed by atoms with Crippen LogP contribution in [0.15, 0.2) is 23.5 Å². The van der Waals surface area contributed by atoms with E-state index >= 15 is 0 Å². The van der Waals surface area contributed by atoms with Crippen molar-refractivity contribution in [3.8, 4) is 0 Å². The Kier molecular flexibility index (Phi) is 4.11. The highest BCUT2D eigenvalue weighted by Gasteiger charge is 2.13. The van der Waals surface area contributed by atoms with Gasteiger partial charge in [-0.05, 0) is 0 Å². The van der Waals surface area contributed by atoms with Gasteiger partial charge in [0.2, 0.25) is 5.76 Å². The molecule has 0 unspecified atom stereocenters. The van der Waals surface area contributed by atoms with Gasteiger partial charge in [-0.15, -0.1) is 0 Å². The first-order valence-corrected chi connectivity index (χ1v) is 4.62. The van der Waals surface area contributed by atoms with E-state index in [0.717, 1.165) is 18.6 Å². The molecule has 0 saturated heterocycles. The van der Waals surface area contributed by atoms with E-state index in [1.54, 1.807) is 7.11 Å². The molecule has 0 aromatic carbocycles. The van der Waals surface area contributed by atoms with Crippen LogP contribution in [0.25, 0.3) is 0 Å². The summed E-state index contributed by atoms with van der Waals surface area (Å²) >= 11 is 0. The molecular weight excluding hydrogens is 180 g/mol. The highest BCUT2D eigenvalue weighted by molar-refractivity contribution is 5.65. The van der Waals surface area contributed by atoms with Crippen LogP contribution in [-0.4, -0.2) is 19.7 Å². The number of allylic oxidation sites excluding steroid dienone is 2. The fraction of sp³-hybridized carbons (Fsp3) is 0.455. The van der Waals surface area contributed by atoms with E-state index in [1.807, 2.05) is 18.6 Å². The molecule has 1 rings (SSSR count). The summed E-state index contributed by atoms with van der Waals surface area (Å²) in [7, 11) is 1.65. The second-order valence-electron chi connectivity index (χ2n) is 3.10. The van der Waals surface area contributed by atoms with Crippen LogP contribution >= 0.6 is 0 Å². The number of esters is 1. The minimum Gasteiger partial charge on any atom is -0.475 e. The van der Waals surface area contributed by atoms with Crippen molar-refractivity contribution in [2.45, 2.75) is 19.8 Å². The molecule has 0 bridgehead atoms. The first-order valence-electron chi connectivity index (χ1n) is 4.62. The van der Waals surface area contributed by atoms with Gasteiger partial charge in [0.15, 0.2) is 0 Å². The molecule has 3 nitrogen and oxygen atoms in total. The Labute approximate surface area is 84.4 Å². The number of methoxy groups -OCH3 is 1. The second-order valence-corrected chi connectivity index (χ2v) is 3.10. The molecule has 0 amide bonds. The molecule has 0 saturated carbocycles. The normalized spacial score (nSPS) is 15.0. The van der Waals surface area contributed by atoms with E-state index in [0.29, 0.717) is 6.61 Å². The highest BCUT2D eigenvalue weighted by atomic mass is 16.5. The first kappa shape index (κ1) is 10.7. The molecule has 0 fully saturated rings. The lowest BCUT2D eigenvalue weighted by Crippen LogP contribution is -2.03. The van der Waals surface area contributed by atoms with Gasteiger partial charge >= 0.3 is 5.97 Å². The third kappa shape index (κ3) is 3.56. The topological polar surface area (TPSA) is 35.5 Å². The predicted octanol–water partition coefficient (Wildman–Crippen LogP) is 2.00. The summed E-state index contributed by atoms with van der Waals surface area (Å²) in [5.41, 5.74) is 1.26. The average Bonchev–Trinajstić information content (AvgIpc) is 2.18. The molecule has 3 heteroatoms. The fourth-order valence-electron chi connectivity index (χ4n) is 1.23. The summed E-state index contributed by atoms with van der Waals surface area (Å²) in [6, 6.07) is 0. The monoisotopic (exact) mass is 195 g/mol.